The predicted octanol–water partition coefficient (Wildman–Crippen LogP) is 5.40. The van der Waals surface area contributed by atoms with Gasteiger partial charge in [0, 0.05) is 12.1 Å². The Hall–Kier alpha value is -3.99. The molecule has 0 aliphatic rings. The first-order chi connectivity index (χ1) is 16.4. The number of nitro benzene ring substituents is 1. The highest BCUT2D eigenvalue weighted by Gasteiger charge is 2.12. The molecule has 0 unspecified atom stereocenters. The Labute approximate surface area is 208 Å². The maximum atomic E-state index is 12.5. The fourth-order valence-electron chi connectivity index (χ4n) is 3.23. The lowest BCUT2D eigenvalue weighted by Crippen LogP contribution is -2.17. The number of halogens is 1. The second-order valence-electron chi connectivity index (χ2n) is 7.32. The number of nitrogens with one attached hydrogen (secondary N) is 1. The molecular formula is C25H18IN3O5. The number of nitrogens with zero attached hydrogens (tertiary/aromatic N) is 2. The SMILES string of the molecule is O=C(NN=Cc1ccc(OCc2ccc([N+](=O)[O-])cc2)c(I)c1)c1cc2ccccc2cc1O. The number of amides is 1. The molecule has 170 valence electrons. The van der Waals surface area contributed by atoms with Crippen LogP contribution in [-0.4, -0.2) is 22.2 Å². The van der Waals surface area contributed by atoms with Crippen molar-refractivity contribution in [1.82, 2.24) is 5.43 Å². The maximum absolute atomic E-state index is 12.5. The Morgan fingerprint density at radius 1 is 1.06 bits per heavy atom. The number of hydrogen-bond acceptors (Lipinski definition) is 6. The van der Waals surface area contributed by atoms with E-state index >= 15 is 0 Å². The zero-order valence-corrected chi connectivity index (χ0v) is 19.8. The lowest BCUT2D eigenvalue weighted by molar-refractivity contribution is -0.384. The van der Waals surface area contributed by atoms with Crippen LogP contribution in [0.2, 0.25) is 0 Å². The summed E-state index contributed by atoms with van der Waals surface area (Å²) in [5, 5.41) is 26.6. The summed E-state index contributed by atoms with van der Waals surface area (Å²) in [6.45, 7) is 0.271. The number of rotatable bonds is 7. The van der Waals surface area contributed by atoms with Crippen LogP contribution in [0, 0.1) is 13.7 Å². The van der Waals surface area contributed by atoms with Gasteiger partial charge in [-0.15, -0.1) is 0 Å². The van der Waals surface area contributed by atoms with Crippen LogP contribution in [0.25, 0.3) is 10.8 Å². The average molecular weight is 567 g/mol. The van der Waals surface area contributed by atoms with Gasteiger partial charge in [-0.05, 0) is 87.0 Å². The van der Waals surface area contributed by atoms with E-state index in [1.165, 1.54) is 18.3 Å². The number of ether oxygens (including phenoxy) is 1. The molecule has 0 heterocycles. The van der Waals surface area contributed by atoms with E-state index in [0.29, 0.717) is 5.75 Å². The van der Waals surface area contributed by atoms with E-state index in [9.17, 15) is 20.0 Å². The summed E-state index contributed by atoms with van der Waals surface area (Å²) in [5.74, 6) is 0.0222. The van der Waals surface area contributed by atoms with Gasteiger partial charge in [-0.3, -0.25) is 14.9 Å². The molecule has 0 saturated heterocycles. The van der Waals surface area contributed by atoms with Crippen LogP contribution < -0.4 is 10.2 Å². The van der Waals surface area contributed by atoms with E-state index in [1.54, 1.807) is 36.4 Å². The number of carbonyl (C=O) groups excluding carboxylic acids is 1. The topological polar surface area (TPSA) is 114 Å². The Bertz CT molecular complexity index is 1400. The van der Waals surface area contributed by atoms with Gasteiger partial charge in [-0.1, -0.05) is 24.3 Å². The van der Waals surface area contributed by atoms with Gasteiger partial charge >= 0.3 is 0 Å². The largest absolute Gasteiger partial charge is 0.507 e. The van der Waals surface area contributed by atoms with Gasteiger partial charge in [-0.2, -0.15) is 5.10 Å². The van der Waals surface area contributed by atoms with Crippen LogP contribution >= 0.6 is 22.6 Å². The van der Waals surface area contributed by atoms with Crippen molar-refractivity contribution in [2.24, 2.45) is 5.10 Å². The minimum Gasteiger partial charge on any atom is -0.507 e. The van der Waals surface area contributed by atoms with E-state index in [4.69, 9.17) is 4.74 Å². The van der Waals surface area contributed by atoms with Crippen molar-refractivity contribution in [3.8, 4) is 11.5 Å². The molecule has 0 saturated carbocycles. The van der Waals surface area contributed by atoms with E-state index < -0.39 is 10.8 Å². The first-order valence-electron chi connectivity index (χ1n) is 10.1. The fraction of sp³-hybridized carbons (Fsp3) is 0.0400. The van der Waals surface area contributed by atoms with Gasteiger partial charge in [0.25, 0.3) is 11.6 Å². The molecule has 0 fully saturated rings. The summed E-state index contributed by atoms with van der Waals surface area (Å²) in [4.78, 5) is 22.8. The fourth-order valence-corrected chi connectivity index (χ4v) is 3.92. The molecule has 2 N–H and O–H groups in total. The number of fused-ring (bicyclic) bond motifs is 1. The number of carbonyl (C=O) groups is 1. The molecule has 0 aliphatic heterocycles. The van der Waals surface area contributed by atoms with Crippen LogP contribution in [0.4, 0.5) is 5.69 Å². The van der Waals surface area contributed by atoms with Crippen molar-refractivity contribution in [1.29, 1.82) is 0 Å². The Balaban J connectivity index is 1.37. The van der Waals surface area contributed by atoms with Gasteiger partial charge < -0.3 is 9.84 Å². The van der Waals surface area contributed by atoms with Crippen LogP contribution in [0.3, 0.4) is 0 Å². The maximum Gasteiger partial charge on any atom is 0.275 e. The molecule has 0 atom stereocenters. The zero-order chi connectivity index (χ0) is 24.1. The molecule has 0 aliphatic carbocycles. The molecule has 4 aromatic rings. The Kier molecular flexibility index (Phi) is 7.02. The molecular weight excluding hydrogens is 549 g/mol. The standard InChI is InChI=1S/C25H18IN3O5/c26-22-11-17(7-10-24(22)34-15-16-5-8-20(9-6-16)29(32)33)14-27-28-25(31)21-12-18-3-1-2-4-19(18)13-23(21)30/h1-14,30H,15H2,(H,28,31). The third kappa shape index (κ3) is 5.49. The molecule has 0 bridgehead atoms. The number of hydrogen-bond donors (Lipinski definition) is 2. The summed E-state index contributed by atoms with van der Waals surface area (Å²) in [6.07, 6.45) is 1.50. The van der Waals surface area contributed by atoms with Gasteiger partial charge in [0.2, 0.25) is 0 Å². The van der Waals surface area contributed by atoms with E-state index in [1.807, 2.05) is 30.3 Å². The number of hydrazone groups is 1. The number of nitro groups is 1. The lowest BCUT2D eigenvalue weighted by Gasteiger charge is -2.09. The van der Waals surface area contributed by atoms with Crippen LogP contribution in [0.1, 0.15) is 21.5 Å². The van der Waals surface area contributed by atoms with Crippen LogP contribution in [0.15, 0.2) is 84.0 Å². The predicted molar refractivity (Wildman–Crippen MR) is 137 cm³/mol. The van der Waals surface area contributed by atoms with Gasteiger partial charge in [0.15, 0.2) is 0 Å². The number of benzene rings is 4. The molecule has 4 rings (SSSR count). The second kappa shape index (κ2) is 10.3. The second-order valence-corrected chi connectivity index (χ2v) is 8.48. The molecule has 8 nitrogen and oxygen atoms in total. The molecule has 9 heteroatoms. The Morgan fingerprint density at radius 2 is 1.76 bits per heavy atom. The monoisotopic (exact) mass is 567 g/mol. The number of aromatic hydroxyl groups is 1. The summed E-state index contributed by atoms with van der Waals surface area (Å²) in [5.41, 5.74) is 4.16. The van der Waals surface area contributed by atoms with Crippen molar-refractivity contribution in [3.63, 3.8) is 0 Å². The van der Waals surface area contributed by atoms with Crippen molar-refractivity contribution in [3.05, 3.63) is 109 Å². The van der Waals surface area contributed by atoms with E-state index in [2.05, 4.69) is 33.1 Å². The molecule has 1 amide bonds. The van der Waals surface area contributed by atoms with Crippen LogP contribution in [0.5, 0.6) is 11.5 Å². The highest BCUT2D eigenvalue weighted by molar-refractivity contribution is 14.1. The summed E-state index contributed by atoms with van der Waals surface area (Å²) in [6, 6.07) is 22.2. The van der Waals surface area contributed by atoms with Crippen molar-refractivity contribution in [2.45, 2.75) is 6.61 Å². The van der Waals surface area contributed by atoms with Crippen LogP contribution in [-0.2, 0) is 6.61 Å². The van der Waals surface area contributed by atoms with Gasteiger partial charge in [-0.25, -0.2) is 5.43 Å². The van der Waals surface area contributed by atoms with Gasteiger partial charge in [0.05, 0.1) is 20.3 Å². The first kappa shape index (κ1) is 23.2. The Morgan fingerprint density at radius 3 is 2.44 bits per heavy atom. The van der Waals surface area contributed by atoms with E-state index in [0.717, 1.165) is 25.5 Å². The number of phenolic OH excluding ortho intramolecular Hbond substituents is 1. The number of non-ortho nitro benzene ring substituents is 1. The zero-order valence-electron chi connectivity index (χ0n) is 17.6. The summed E-state index contributed by atoms with van der Waals surface area (Å²) in [7, 11) is 0. The lowest BCUT2D eigenvalue weighted by atomic mass is 10.1. The van der Waals surface area contributed by atoms with Crippen molar-refractivity contribution in [2.75, 3.05) is 0 Å². The highest BCUT2D eigenvalue weighted by atomic mass is 127. The summed E-state index contributed by atoms with van der Waals surface area (Å²) >= 11 is 2.13. The normalized spacial score (nSPS) is 11.0. The number of phenols is 1. The molecule has 0 spiro atoms. The third-order valence-corrected chi connectivity index (χ3v) is 5.83. The molecule has 0 radical (unpaired) electrons. The molecule has 0 aromatic heterocycles. The van der Waals surface area contributed by atoms with E-state index in [-0.39, 0.29) is 23.6 Å². The van der Waals surface area contributed by atoms with Gasteiger partial charge in [0.1, 0.15) is 18.1 Å². The average Bonchev–Trinajstić information content (AvgIpc) is 2.83. The highest BCUT2D eigenvalue weighted by Crippen LogP contribution is 2.25. The minimum absolute atomic E-state index is 0.0323. The molecule has 34 heavy (non-hydrogen) atoms. The van der Waals surface area contributed by atoms with Crippen molar-refractivity contribution < 1.29 is 19.6 Å². The third-order valence-electron chi connectivity index (χ3n) is 4.99. The smallest absolute Gasteiger partial charge is 0.275 e. The van der Waals surface area contributed by atoms with Crippen molar-refractivity contribution >= 4 is 51.2 Å². The first-order valence-corrected chi connectivity index (χ1v) is 11.2. The molecule has 4 aromatic carbocycles. The summed E-state index contributed by atoms with van der Waals surface area (Å²) < 4.78 is 6.64. The minimum atomic E-state index is -0.516. The quantitative estimate of drug-likeness (QED) is 0.134.